The third-order valence-electron chi connectivity index (χ3n) is 2.14. The maximum atomic E-state index is 11.4. The summed E-state index contributed by atoms with van der Waals surface area (Å²) in [5.41, 5.74) is 2.56. The van der Waals surface area contributed by atoms with Crippen LogP contribution in [0.1, 0.15) is 11.3 Å². The molecule has 0 bridgehead atoms. The molecule has 2 rings (SSSR count). The van der Waals surface area contributed by atoms with E-state index < -0.39 is 0 Å². The predicted molar refractivity (Wildman–Crippen MR) is 50.8 cm³/mol. The quantitative estimate of drug-likeness (QED) is 0.649. The second kappa shape index (κ2) is 2.45. The van der Waals surface area contributed by atoms with Crippen molar-refractivity contribution >= 4 is 11.0 Å². The van der Waals surface area contributed by atoms with E-state index in [1.165, 1.54) is 0 Å². The number of hydrogen-bond acceptors (Lipinski definition) is 2. The van der Waals surface area contributed by atoms with E-state index in [1.807, 2.05) is 19.9 Å². The maximum absolute atomic E-state index is 11.4. The third-order valence-corrected chi connectivity index (χ3v) is 2.14. The topological polar surface area (TPSA) is 50.7 Å². The first-order valence-electron chi connectivity index (χ1n) is 4.12. The van der Waals surface area contributed by atoms with E-state index in [9.17, 15) is 4.79 Å². The highest BCUT2D eigenvalue weighted by molar-refractivity contribution is 5.78. The van der Waals surface area contributed by atoms with Crippen molar-refractivity contribution in [3.8, 4) is 0 Å². The van der Waals surface area contributed by atoms with Gasteiger partial charge in [-0.3, -0.25) is 14.6 Å². The molecule has 0 aromatic carbocycles. The van der Waals surface area contributed by atoms with Crippen LogP contribution in [0.15, 0.2) is 10.9 Å². The van der Waals surface area contributed by atoms with Gasteiger partial charge in [0.1, 0.15) is 0 Å². The summed E-state index contributed by atoms with van der Waals surface area (Å²) < 4.78 is 1.65. The number of fused-ring (bicyclic) bond motifs is 1. The second-order valence-electron chi connectivity index (χ2n) is 3.28. The fraction of sp³-hybridized carbons (Fsp3) is 0.333. The van der Waals surface area contributed by atoms with Gasteiger partial charge in [-0.1, -0.05) is 0 Å². The van der Waals surface area contributed by atoms with Crippen LogP contribution in [0.4, 0.5) is 0 Å². The molecule has 2 heterocycles. The van der Waals surface area contributed by atoms with Crippen molar-refractivity contribution in [2.45, 2.75) is 13.8 Å². The van der Waals surface area contributed by atoms with E-state index in [0.29, 0.717) is 5.39 Å². The Hall–Kier alpha value is -1.58. The third kappa shape index (κ3) is 1.06. The van der Waals surface area contributed by atoms with Gasteiger partial charge in [-0.25, -0.2) is 4.98 Å². The Morgan fingerprint density at radius 2 is 2.15 bits per heavy atom. The van der Waals surface area contributed by atoms with Crippen LogP contribution in [-0.2, 0) is 7.05 Å². The average molecular weight is 177 g/mol. The number of H-pyrrole nitrogens is 1. The Balaban J connectivity index is 3.06. The number of rotatable bonds is 0. The molecule has 0 radical (unpaired) electrons. The smallest absolute Gasteiger partial charge is 0.270 e. The van der Waals surface area contributed by atoms with E-state index in [4.69, 9.17) is 0 Å². The molecule has 2 aromatic rings. The van der Waals surface area contributed by atoms with Crippen LogP contribution in [0.2, 0.25) is 0 Å². The van der Waals surface area contributed by atoms with Crippen LogP contribution in [0.25, 0.3) is 11.0 Å². The molecule has 68 valence electrons. The van der Waals surface area contributed by atoms with E-state index in [2.05, 4.69) is 10.1 Å². The van der Waals surface area contributed by atoms with E-state index in [-0.39, 0.29) is 5.56 Å². The Kier molecular flexibility index (Phi) is 1.52. The van der Waals surface area contributed by atoms with Gasteiger partial charge in [-0.2, -0.15) is 0 Å². The Bertz CT molecular complexity index is 521. The highest BCUT2D eigenvalue weighted by Crippen LogP contribution is 2.12. The number of aromatic nitrogens is 3. The van der Waals surface area contributed by atoms with Gasteiger partial charge in [-0.05, 0) is 25.5 Å². The SMILES string of the molecule is Cc1cc(C)c2c(=O)[nH]n(C)c2n1. The molecule has 0 aliphatic heterocycles. The van der Waals surface area contributed by atoms with E-state index in [1.54, 1.807) is 11.7 Å². The monoisotopic (exact) mass is 177 g/mol. The van der Waals surface area contributed by atoms with Crippen molar-refractivity contribution in [1.82, 2.24) is 14.8 Å². The zero-order valence-corrected chi connectivity index (χ0v) is 7.88. The zero-order chi connectivity index (χ0) is 9.59. The van der Waals surface area contributed by atoms with Crippen LogP contribution in [-0.4, -0.2) is 14.8 Å². The number of nitrogens with one attached hydrogen (secondary N) is 1. The van der Waals surface area contributed by atoms with Crippen LogP contribution in [0, 0.1) is 13.8 Å². The summed E-state index contributed by atoms with van der Waals surface area (Å²) in [5, 5.41) is 3.37. The summed E-state index contributed by atoms with van der Waals surface area (Å²) in [6, 6.07) is 1.91. The first kappa shape index (κ1) is 8.04. The van der Waals surface area contributed by atoms with E-state index in [0.717, 1.165) is 16.9 Å². The normalized spacial score (nSPS) is 11.0. The fourth-order valence-corrected chi connectivity index (χ4v) is 1.60. The van der Waals surface area contributed by atoms with Crippen molar-refractivity contribution in [3.63, 3.8) is 0 Å². The van der Waals surface area contributed by atoms with Gasteiger partial charge in [0.25, 0.3) is 5.56 Å². The van der Waals surface area contributed by atoms with Crippen molar-refractivity contribution in [2.24, 2.45) is 7.05 Å². The highest BCUT2D eigenvalue weighted by atomic mass is 16.1. The van der Waals surface area contributed by atoms with Crippen LogP contribution in [0.5, 0.6) is 0 Å². The molecule has 0 aliphatic rings. The van der Waals surface area contributed by atoms with Crippen LogP contribution >= 0.6 is 0 Å². The summed E-state index contributed by atoms with van der Waals surface area (Å²) in [6.07, 6.45) is 0. The van der Waals surface area contributed by atoms with Gasteiger partial charge >= 0.3 is 0 Å². The van der Waals surface area contributed by atoms with Crippen molar-refractivity contribution < 1.29 is 0 Å². The molecule has 1 N–H and O–H groups in total. The molecule has 13 heavy (non-hydrogen) atoms. The number of nitrogens with zero attached hydrogens (tertiary/aromatic N) is 2. The Morgan fingerprint density at radius 1 is 1.46 bits per heavy atom. The largest absolute Gasteiger partial charge is 0.273 e. The molecule has 0 atom stereocenters. The lowest BCUT2D eigenvalue weighted by molar-refractivity contribution is 0.772. The average Bonchev–Trinajstić information content (AvgIpc) is 2.27. The molecule has 2 aromatic heterocycles. The lowest BCUT2D eigenvalue weighted by Gasteiger charge is -1.98. The summed E-state index contributed by atoms with van der Waals surface area (Å²) >= 11 is 0. The van der Waals surface area contributed by atoms with Crippen molar-refractivity contribution in [2.75, 3.05) is 0 Å². The molecular weight excluding hydrogens is 166 g/mol. The maximum Gasteiger partial charge on any atom is 0.273 e. The molecule has 4 nitrogen and oxygen atoms in total. The highest BCUT2D eigenvalue weighted by Gasteiger charge is 2.08. The molecule has 0 fully saturated rings. The van der Waals surface area contributed by atoms with Gasteiger partial charge in [0.05, 0.1) is 5.39 Å². The Morgan fingerprint density at radius 3 is 2.85 bits per heavy atom. The van der Waals surface area contributed by atoms with E-state index >= 15 is 0 Å². The Labute approximate surface area is 75.2 Å². The second-order valence-corrected chi connectivity index (χ2v) is 3.28. The predicted octanol–water partition coefficient (Wildman–Crippen LogP) is 0.878. The minimum Gasteiger partial charge on any atom is -0.270 e. The summed E-state index contributed by atoms with van der Waals surface area (Å²) in [6.45, 7) is 3.84. The minimum absolute atomic E-state index is 0.0671. The molecule has 4 heteroatoms. The lowest BCUT2D eigenvalue weighted by atomic mass is 10.2. The molecule has 0 unspecified atom stereocenters. The summed E-state index contributed by atoms with van der Waals surface area (Å²) in [5.74, 6) is 0. The number of pyridine rings is 1. The van der Waals surface area contributed by atoms with Crippen LogP contribution < -0.4 is 5.56 Å². The lowest BCUT2D eigenvalue weighted by Crippen LogP contribution is -2.02. The van der Waals surface area contributed by atoms with Gasteiger partial charge in [0, 0.05) is 12.7 Å². The number of hydrogen-bond donors (Lipinski definition) is 1. The van der Waals surface area contributed by atoms with Crippen molar-refractivity contribution in [1.29, 1.82) is 0 Å². The standard InChI is InChI=1S/C9H11N3O/c1-5-4-6(2)10-8-7(5)9(13)11-12(8)3/h4H,1-3H3,(H,11,13). The van der Waals surface area contributed by atoms with Crippen molar-refractivity contribution in [3.05, 3.63) is 27.7 Å². The molecule has 0 saturated heterocycles. The molecule has 0 amide bonds. The molecular formula is C9H11N3O. The number of aryl methyl sites for hydroxylation is 3. The van der Waals surface area contributed by atoms with Gasteiger partial charge in [0.15, 0.2) is 5.65 Å². The first-order valence-corrected chi connectivity index (χ1v) is 4.12. The summed E-state index contributed by atoms with van der Waals surface area (Å²) in [4.78, 5) is 15.7. The zero-order valence-electron chi connectivity index (χ0n) is 7.88. The minimum atomic E-state index is -0.0671. The van der Waals surface area contributed by atoms with Gasteiger partial charge in [-0.15, -0.1) is 0 Å². The fourth-order valence-electron chi connectivity index (χ4n) is 1.60. The number of aromatic amines is 1. The molecule has 0 aliphatic carbocycles. The molecule has 0 saturated carbocycles. The first-order chi connectivity index (χ1) is 6.09. The van der Waals surface area contributed by atoms with Crippen LogP contribution in [0.3, 0.4) is 0 Å². The van der Waals surface area contributed by atoms with Gasteiger partial charge < -0.3 is 0 Å². The van der Waals surface area contributed by atoms with Gasteiger partial charge in [0.2, 0.25) is 0 Å². The molecule has 0 spiro atoms. The summed E-state index contributed by atoms with van der Waals surface area (Å²) in [7, 11) is 1.79.